The van der Waals surface area contributed by atoms with E-state index in [-0.39, 0.29) is 31.6 Å². The molecule has 9 nitrogen and oxygen atoms in total. The Morgan fingerprint density at radius 1 is 1.23 bits per heavy atom. The van der Waals surface area contributed by atoms with Crippen LogP contribution in [0.5, 0.6) is 11.5 Å². The minimum Gasteiger partial charge on any atom is -0.456 e. The normalized spacial score (nSPS) is 17.6. The van der Waals surface area contributed by atoms with Crippen LogP contribution < -0.4 is 10.1 Å². The van der Waals surface area contributed by atoms with Crippen molar-refractivity contribution in [2.75, 3.05) is 19.6 Å². The van der Waals surface area contributed by atoms with E-state index in [9.17, 15) is 19.8 Å². The zero-order valence-corrected chi connectivity index (χ0v) is 19.6. The minimum atomic E-state index is -0.942. The number of aliphatic hydroxyl groups excluding tert-OH is 2. The lowest BCUT2D eigenvalue weighted by molar-refractivity contribution is 0.0572. The van der Waals surface area contributed by atoms with Crippen molar-refractivity contribution in [3.05, 3.63) is 53.2 Å². The second kappa shape index (κ2) is 9.03. The van der Waals surface area contributed by atoms with E-state index in [1.807, 2.05) is 19.1 Å². The van der Waals surface area contributed by atoms with Gasteiger partial charge in [0.2, 0.25) is 0 Å². The van der Waals surface area contributed by atoms with Crippen LogP contribution >= 0.6 is 11.3 Å². The van der Waals surface area contributed by atoms with Crippen molar-refractivity contribution in [3.63, 3.8) is 0 Å². The van der Waals surface area contributed by atoms with Gasteiger partial charge in [0.25, 0.3) is 5.91 Å². The van der Waals surface area contributed by atoms with E-state index in [1.54, 1.807) is 35.0 Å². The number of carbonyl (C=O) groups is 2. The molecule has 4 heterocycles. The Morgan fingerprint density at radius 3 is 2.74 bits per heavy atom. The van der Waals surface area contributed by atoms with Gasteiger partial charge < -0.3 is 25.2 Å². The summed E-state index contributed by atoms with van der Waals surface area (Å²) in [6.45, 7) is 2.15. The van der Waals surface area contributed by atoms with Crippen LogP contribution in [0.2, 0.25) is 0 Å². The maximum atomic E-state index is 12.9. The monoisotopic (exact) mass is 490 g/mol. The van der Waals surface area contributed by atoms with E-state index >= 15 is 0 Å². The molecule has 0 saturated carbocycles. The van der Waals surface area contributed by atoms with E-state index < -0.39 is 12.2 Å². The molecular formula is C25H22N4O5S. The Morgan fingerprint density at radius 2 is 2.00 bits per heavy atom. The maximum absolute atomic E-state index is 12.9. The molecule has 0 spiro atoms. The molecule has 35 heavy (non-hydrogen) atoms. The fraction of sp³-hybridized carbons (Fsp3) is 0.240. The molecule has 0 unspecified atom stereocenters. The zero-order chi connectivity index (χ0) is 24.7. The van der Waals surface area contributed by atoms with Crippen LogP contribution in [0.1, 0.15) is 15.4 Å². The lowest BCUT2D eigenvalue weighted by atomic mass is 10.2. The van der Waals surface area contributed by atoms with Crippen molar-refractivity contribution in [3.8, 4) is 23.8 Å². The Labute approximate surface area is 204 Å². The second-order valence-electron chi connectivity index (χ2n) is 8.29. The third kappa shape index (κ3) is 4.21. The highest BCUT2D eigenvalue weighted by molar-refractivity contribution is 7.21. The molecule has 1 aromatic carbocycles. The quantitative estimate of drug-likeness (QED) is 0.379. The van der Waals surface area contributed by atoms with Gasteiger partial charge in [0.05, 0.1) is 39.4 Å². The number of likely N-dealkylation sites (tertiary alicyclic amines) is 1. The number of nitrogens with zero attached hydrogens (tertiary/aromatic N) is 3. The molecule has 10 heteroatoms. The summed E-state index contributed by atoms with van der Waals surface area (Å²) < 4.78 is 8.42. The number of amides is 2. The number of pyridine rings is 1. The molecule has 3 aromatic heterocycles. The predicted molar refractivity (Wildman–Crippen MR) is 132 cm³/mol. The predicted octanol–water partition coefficient (Wildman–Crippen LogP) is 2.72. The average Bonchev–Trinajstić information content (AvgIpc) is 3.51. The summed E-state index contributed by atoms with van der Waals surface area (Å²) in [6.07, 6.45) is 4.96. The molecule has 1 fully saturated rings. The zero-order valence-electron chi connectivity index (χ0n) is 18.8. The van der Waals surface area contributed by atoms with Crippen molar-refractivity contribution in [2.45, 2.75) is 19.1 Å². The van der Waals surface area contributed by atoms with Crippen LogP contribution in [-0.2, 0) is 0 Å². The van der Waals surface area contributed by atoms with E-state index in [1.165, 1.54) is 16.2 Å². The molecule has 1 aliphatic rings. The number of fused-ring (bicyclic) bond motifs is 2. The summed E-state index contributed by atoms with van der Waals surface area (Å²) in [6, 6.07) is 10.4. The van der Waals surface area contributed by atoms with Gasteiger partial charge in [0.15, 0.2) is 0 Å². The van der Waals surface area contributed by atoms with Gasteiger partial charge in [-0.25, -0.2) is 4.79 Å². The Balaban J connectivity index is 1.42. The van der Waals surface area contributed by atoms with Crippen LogP contribution in [-0.4, -0.2) is 68.4 Å². The number of thiophene rings is 1. The number of hydrogen-bond donors (Lipinski definition) is 3. The summed E-state index contributed by atoms with van der Waals surface area (Å²) in [5.74, 6) is 3.24. The van der Waals surface area contributed by atoms with Crippen molar-refractivity contribution in [1.82, 2.24) is 19.8 Å². The lowest BCUT2D eigenvalue weighted by Gasteiger charge is -2.13. The number of rotatable bonds is 4. The number of carbonyl (C=O) groups excluding carboxylic acids is 2. The number of β-amino-alcohol motifs (C(OH)–C–C–N with tert-alkyl or cyclic N) is 2. The average molecular weight is 491 g/mol. The first-order valence-electron chi connectivity index (χ1n) is 10.9. The first-order valence-corrected chi connectivity index (χ1v) is 11.7. The van der Waals surface area contributed by atoms with Crippen LogP contribution in [0.25, 0.3) is 21.1 Å². The van der Waals surface area contributed by atoms with Gasteiger partial charge in [-0.3, -0.25) is 14.3 Å². The van der Waals surface area contributed by atoms with E-state index in [2.05, 4.69) is 16.2 Å². The molecule has 1 saturated heterocycles. The number of benzene rings is 1. The van der Waals surface area contributed by atoms with Gasteiger partial charge in [0, 0.05) is 36.4 Å². The molecule has 5 rings (SSSR count). The highest BCUT2D eigenvalue weighted by atomic mass is 32.1. The largest absolute Gasteiger partial charge is 0.456 e. The maximum Gasteiger partial charge on any atom is 0.327 e. The third-order valence-corrected chi connectivity index (χ3v) is 6.99. The van der Waals surface area contributed by atoms with Crippen LogP contribution in [0, 0.1) is 19.3 Å². The number of nitrogens with one attached hydrogen (secondary N) is 1. The number of aryl methyl sites for hydroxylation is 1. The molecular weight excluding hydrogens is 468 g/mol. The van der Waals surface area contributed by atoms with E-state index in [0.717, 1.165) is 16.6 Å². The van der Waals surface area contributed by atoms with Gasteiger partial charge in [0.1, 0.15) is 11.5 Å². The molecule has 4 aromatic rings. The SMILES string of the molecule is C#CCNC(=O)n1c(C)cc2cc(Oc3ccnc4cc(C(=O)N5C[C@@H](O)[C@@H](O)C5)sc34)ccc21. The number of terminal acetylenes is 1. The van der Waals surface area contributed by atoms with Crippen LogP contribution in [0.4, 0.5) is 4.79 Å². The van der Waals surface area contributed by atoms with Gasteiger partial charge in [-0.05, 0) is 37.3 Å². The Hall–Kier alpha value is -3.91. The molecule has 1 aliphatic heterocycles. The Bertz CT molecular complexity index is 1490. The molecule has 0 radical (unpaired) electrons. The fourth-order valence-corrected chi connectivity index (χ4v) is 5.22. The topological polar surface area (TPSA) is 117 Å². The summed E-state index contributed by atoms with van der Waals surface area (Å²) in [5, 5.41) is 23.0. The van der Waals surface area contributed by atoms with Crippen LogP contribution in [0.15, 0.2) is 42.6 Å². The first-order chi connectivity index (χ1) is 16.9. The molecule has 2 atom stereocenters. The summed E-state index contributed by atoms with van der Waals surface area (Å²) in [7, 11) is 0. The first kappa shape index (κ1) is 22.9. The number of ether oxygens (including phenoxy) is 1. The highest BCUT2D eigenvalue weighted by Gasteiger charge is 2.33. The van der Waals surface area contributed by atoms with Crippen molar-refractivity contribution in [2.24, 2.45) is 0 Å². The molecule has 178 valence electrons. The molecule has 0 aliphatic carbocycles. The lowest BCUT2D eigenvalue weighted by Crippen LogP contribution is -2.29. The number of aromatic nitrogens is 2. The smallest absolute Gasteiger partial charge is 0.327 e. The molecule has 2 amide bonds. The van der Waals surface area contributed by atoms with E-state index in [0.29, 0.717) is 26.6 Å². The van der Waals surface area contributed by atoms with E-state index in [4.69, 9.17) is 11.2 Å². The van der Waals surface area contributed by atoms with Gasteiger partial charge in [-0.1, -0.05) is 5.92 Å². The standard InChI is InChI=1S/C25H22N4O5S/c1-3-7-27-25(33)29-14(2)9-15-10-16(4-5-18(15)29)34-21-6-8-26-17-11-22(35-23(17)21)24(32)28-12-19(30)20(31)13-28/h1,4-6,8-11,19-20,30-31H,7,12-13H2,2H3,(H,27,33)/t19-,20+. The second-order valence-corrected chi connectivity index (χ2v) is 9.34. The summed E-state index contributed by atoms with van der Waals surface area (Å²) >= 11 is 1.25. The van der Waals surface area contributed by atoms with Crippen molar-refractivity contribution < 1.29 is 24.5 Å². The third-order valence-electron chi connectivity index (χ3n) is 5.86. The molecule has 3 N–H and O–H groups in total. The fourth-order valence-electron chi connectivity index (χ4n) is 4.19. The van der Waals surface area contributed by atoms with Crippen LogP contribution in [0.3, 0.4) is 0 Å². The number of aliphatic hydroxyl groups is 2. The van der Waals surface area contributed by atoms with Crippen molar-refractivity contribution >= 4 is 44.4 Å². The van der Waals surface area contributed by atoms with Crippen molar-refractivity contribution in [1.29, 1.82) is 0 Å². The van der Waals surface area contributed by atoms with Gasteiger partial charge >= 0.3 is 6.03 Å². The van der Waals surface area contributed by atoms with Gasteiger partial charge in [-0.15, -0.1) is 17.8 Å². The highest BCUT2D eigenvalue weighted by Crippen LogP contribution is 2.36. The summed E-state index contributed by atoms with van der Waals surface area (Å²) in [4.78, 5) is 31.6. The molecule has 0 bridgehead atoms. The summed E-state index contributed by atoms with van der Waals surface area (Å²) in [5.41, 5.74) is 2.10. The minimum absolute atomic E-state index is 0.0882. The number of hydrogen-bond acceptors (Lipinski definition) is 7. The Kier molecular flexibility index (Phi) is 5.90. The van der Waals surface area contributed by atoms with Gasteiger partial charge in [-0.2, -0.15) is 0 Å².